The largest absolute Gasteiger partial charge is 0.502 e. The van der Waals surface area contributed by atoms with Crippen LogP contribution in [0.2, 0.25) is 0 Å². The fraction of sp³-hybridized carbons (Fsp3) is 0.143. The zero-order valence-electron chi connectivity index (χ0n) is 13.0. The summed E-state index contributed by atoms with van der Waals surface area (Å²) in [6.07, 6.45) is -10.6. The van der Waals surface area contributed by atoms with Crippen LogP contribution >= 0.6 is 0 Å². The number of rotatable bonds is 3. The van der Waals surface area contributed by atoms with Crippen molar-refractivity contribution in [2.75, 3.05) is 0 Å². The molecule has 0 radical (unpaired) electrons. The molecule has 0 aliphatic carbocycles. The lowest BCUT2D eigenvalue weighted by molar-refractivity contribution is -0.386. The van der Waals surface area contributed by atoms with E-state index in [2.05, 4.69) is 0 Å². The lowest BCUT2D eigenvalue weighted by Gasteiger charge is -2.14. The predicted molar refractivity (Wildman–Crippen MR) is 78.5 cm³/mol. The molecule has 0 saturated carbocycles. The van der Waals surface area contributed by atoms with E-state index in [0.717, 1.165) is 0 Å². The quantitative estimate of drug-likeness (QED) is 0.430. The molecule has 0 amide bonds. The molecule has 8 nitrogen and oxygen atoms in total. The minimum Gasteiger partial charge on any atom is -0.502 e. The van der Waals surface area contributed by atoms with Gasteiger partial charge in [0.25, 0.3) is 0 Å². The van der Waals surface area contributed by atoms with Crippen molar-refractivity contribution in [3.05, 3.63) is 55.6 Å². The third kappa shape index (κ3) is 3.74. The first-order valence-corrected chi connectivity index (χ1v) is 6.82. The van der Waals surface area contributed by atoms with Crippen LogP contribution < -0.4 is 0 Å². The van der Waals surface area contributed by atoms with E-state index in [-0.39, 0.29) is 12.1 Å². The van der Waals surface area contributed by atoms with Gasteiger partial charge in [-0.1, -0.05) is 0 Å². The Morgan fingerprint density at radius 3 is 1.18 bits per heavy atom. The lowest BCUT2D eigenvalue weighted by Crippen LogP contribution is -2.08. The Bertz CT molecular complexity index is 906. The van der Waals surface area contributed by atoms with Crippen LogP contribution in [0.3, 0.4) is 0 Å². The number of hydrogen-bond donors (Lipinski definition) is 2. The van der Waals surface area contributed by atoms with Gasteiger partial charge in [-0.15, -0.1) is 0 Å². The smallest absolute Gasteiger partial charge is 0.420 e. The van der Waals surface area contributed by atoms with Crippen LogP contribution in [-0.4, -0.2) is 20.1 Å². The zero-order valence-corrected chi connectivity index (χ0v) is 13.0. The summed E-state index contributed by atoms with van der Waals surface area (Å²) in [4.78, 5) is 19.0. The molecule has 28 heavy (non-hydrogen) atoms. The number of hydrogen-bond acceptors (Lipinski definition) is 6. The first kappa shape index (κ1) is 20.7. The molecule has 0 aliphatic heterocycles. The van der Waals surface area contributed by atoms with E-state index in [1.165, 1.54) is 0 Å². The number of phenols is 2. The van der Waals surface area contributed by atoms with Crippen molar-refractivity contribution < 1.29 is 46.4 Å². The molecule has 0 fully saturated rings. The van der Waals surface area contributed by atoms with Gasteiger partial charge in [0.05, 0.1) is 9.85 Å². The van der Waals surface area contributed by atoms with Gasteiger partial charge in [0, 0.05) is 12.1 Å². The number of nitro benzene ring substituents is 2. The van der Waals surface area contributed by atoms with Gasteiger partial charge < -0.3 is 10.2 Å². The molecule has 2 aromatic rings. The van der Waals surface area contributed by atoms with Gasteiger partial charge in [-0.3, -0.25) is 20.2 Å². The summed E-state index contributed by atoms with van der Waals surface area (Å²) in [6, 6.07) is 0.832. The Morgan fingerprint density at radius 1 is 0.679 bits per heavy atom. The van der Waals surface area contributed by atoms with Gasteiger partial charge in [0.15, 0.2) is 0 Å². The van der Waals surface area contributed by atoms with Crippen molar-refractivity contribution in [1.82, 2.24) is 0 Å². The summed E-state index contributed by atoms with van der Waals surface area (Å²) in [5, 5.41) is 40.7. The molecular weight excluding hydrogens is 406 g/mol. The first-order valence-electron chi connectivity index (χ1n) is 6.82. The normalized spacial score (nSPS) is 12.1. The van der Waals surface area contributed by atoms with Gasteiger partial charge in [-0.05, 0) is 23.3 Å². The van der Waals surface area contributed by atoms with Gasteiger partial charge in [0.2, 0.25) is 11.5 Å². The summed E-state index contributed by atoms with van der Waals surface area (Å²) < 4.78 is 78.1. The molecule has 0 bridgehead atoms. The Hall–Kier alpha value is -3.58. The van der Waals surface area contributed by atoms with E-state index < -0.39 is 67.3 Å². The summed E-state index contributed by atoms with van der Waals surface area (Å²) in [5.74, 6) is -3.55. The highest BCUT2D eigenvalue weighted by atomic mass is 19.4. The van der Waals surface area contributed by atoms with Crippen molar-refractivity contribution in [1.29, 1.82) is 0 Å². The average molecular weight is 412 g/mol. The number of halogens is 6. The van der Waals surface area contributed by atoms with Crippen LogP contribution in [0.4, 0.5) is 37.7 Å². The Balaban J connectivity index is 2.91. The van der Waals surface area contributed by atoms with E-state index in [4.69, 9.17) is 0 Å². The number of phenolic OH excluding ortho intramolecular Hbond substituents is 2. The predicted octanol–water partition coefficient (Wildman–Crippen LogP) is 4.62. The van der Waals surface area contributed by atoms with Crippen LogP contribution in [0.15, 0.2) is 24.3 Å². The van der Waals surface area contributed by atoms with E-state index in [1.54, 1.807) is 0 Å². The lowest BCUT2D eigenvalue weighted by atomic mass is 9.97. The highest BCUT2D eigenvalue weighted by Crippen LogP contribution is 2.47. The van der Waals surface area contributed by atoms with Gasteiger partial charge in [-0.2, -0.15) is 26.3 Å². The zero-order chi connectivity index (χ0) is 21.6. The molecule has 2 aromatic carbocycles. The monoisotopic (exact) mass is 412 g/mol. The van der Waals surface area contributed by atoms with E-state index in [1.807, 2.05) is 0 Å². The maximum Gasteiger partial charge on any atom is 0.420 e. The van der Waals surface area contributed by atoms with Crippen molar-refractivity contribution in [3.63, 3.8) is 0 Å². The first-order chi connectivity index (χ1) is 12.6. The molecule has 150 valence electrons. The summed E-state index contributed by atoms with van der Waals surface area (Å²) in [5.41, 5.74) is -8.55. The molecule has 0 heterocycles. The summed E-state index contributed by atoms with van der Waals surface area (Å²) >= 11 is 0. The van der Waals surface area contributed by atoms with Crippen LogP contribution in [-0.2, 0) is 12.4 Å². The standard InChI is InChI=1S/C14H6F6N2O6/c15-13(16,17)7-1-5(3-9(11(7)23)21(25)26)6-2-8(14(18,19)20)12(24)10(4-6)22(27)28/h1-4,23-24H. The fourth-order valence-corrected chi connectivity index (χ4v) is 2.28. The molecule has 0 spiro atoms. The SMILES string of the molecule is O=[N+]([O-])c1cc(-c2cc([N+](=O)[O-])c(O)c(C(F)(F)F)c2)cc(C(F)(F)F)c1O. The average Bonchev–Trinajstić information content (AvgIpc) is 2.52. The minimum absolute atomic E-state index is 0.0958. The molecule has 0 aliphatic rings. The molecule has 0 aromatic heterocycles. The highest BCUT2D eigenvalue weighted by molar-refractivity contribution is 5.75. The Kier molecular flexibility index (Phi) is 4.84. The third-order valence-electron chi connectivity index (χ3n) is 3.52. The molecule has 0 atom stereocenters. The second-order valence-corrected chi connectivity index (χ2v) is 5.29. The number of nitro groups is 2. The van der Waals surface area contributed by atoms with Crippen molar-refractivity contribution >= 4 is 11.4 Å². The maximum absolute atomic E-state index is 13.0. The maximum atomic E-state index is 13.0. The van der Waals surface area contributed by atoms with Crippen molar-refractivity contribution in [2.45, 2.75) is 12.4 Å². The molecule has 2 rings (SSSR count). The van der Waals surface area contributed by atoms with Crippen molar-refractivity contribution in [3.8, 4) is 22.6 Å². The Morgan fingerprint density at radius 2 is 0.964 bits per heavy atom. The molecule has 0 saturated heterocycles. The molecule has 2 N–H and O–H groups in total. The minimum atomic E-state index is -5.32. The van der Waals surface area contributed by atoms with E-state index in [0.29, 0.717) is 12.1 Å². The molecule has 14 heteroatoms. The van der Waals surface area contributed by atoms with Gasteiger partial charge in [-0.25, -0.2) is 0 Å². The van der Waals surface area contributed by atoms with Crippen LogP contribution in [0, 0.1) is 20.2 Å². The van der Waals surface area contributed by atoms with E-state index in [9.17, 15) is 56.8 Å². The Labute approximate surface area is 149 Å². The van der Waals surface area contributed by atoms with Gasteiger partial charge in [0.1, 0.15) is 11.1 Å². The topological polar surface area (TPSA) is 127 Å². The van der Waals surface area contributed by atoms with Gasteiger partial charge >= 0.3 is 23.7 Å². The molecule has 0 unspecified atom stereocenters. The second kappa shape index (κ2) is 6.54. The second-order valence-electron chi connectivity index (χ2n) is 5.29. The number of benzene rings is 2. The van der Waals surface area contributed by atoms with Crippen molar-refractivity contribution in [2.24, 2.45) is 0 Å². The summed E-state index contributed by atoms with van der Waals surface area (Å²) in [7, 11) is 0. The molecular formula is C14H6F6N2O6. The number of nitrogens with zero attached hydrogens (tertiary/aromatic N) is 2. The van der Waals surface area contributed by atoms with Crippen LogP contribution in [0.5, 0.6) is 11.5 Å². The summed E-state index contributed by atoms with van der Waals surface area (Å²) in [6.45, 7) is 0. The van der Waals surface area contributed by atoms with E-state index >= 15 is 0 Å². The fourth-order valence-electron chi connectivity index (χ4n) is 2.28. The van der Waals surface area contributed by atoms with Crippen LogP contribution in [0.1, 0.15) is 11.1 Å². The number of aromatic hydroxyl groups is 2. The highest BCUT2D eigenvalue weighted by Gasteiger charge is 2.40. The number of alkyl halides is 6. The van der Waals surface area contributed by atoms with Crippen LogP contribution in [0.25, 0.3) is 11.1 Å². The third-order valence-corrected chi connectivity index (χ3v) is 3.52.